The van der Waals surface area contributed by atoms with E-state index in [2.05, 4.69) is 20.8 Å². The van der Waals surface area contributed by atoms with Gasteiger partial charge in [-0.2, -0.15) is 4.98 Å². The predicted molar refractivity (Wildman–Crippen MR) is 85.6 cm³/mol. The van der Waals surface area contributed by atoms with Crippen molar-refractivity contribution in [2.24, 2.45) is 0 Å². The molecule has 0 radical (unpaired) electrons. The van der Waals surface area contributed by atoms with Gasteiger partial charge < -0.3 is 20.3 Å². The van der Waals surface area contributed by atoms with Crippen molar-refractivity contribution in [3.05, 3.63) is 36.2 Å². The quantitative estimate of drug-likeness (QED) is 0.727. The molecule has 1 heterocycles. The summed E-state index contributed by atoms with van der Waals surface area (Å²) in [5.74, 6) is 0.807. The molecular weight excluding hydrogens is 296 g/mol. The van der Waals surface area contributed by atoms with Crippen LogP contribution in [0.25, 0.3) is 11.5 Å². The predicted octanol–water partition coefficient (Wildman–Crippen LogP) is 2.26. The average Bonchev–Trinajstić information content (AvgIpc) is 3.04. The van der Waals surface area contributed by atoms with E-state index in [-0.39, 0.29) is 12.6 Å². The summed E-state index contributed by atoms with van der Waals surface area (Å²) in [4.78, 5) is 16.1. The van der Waals surface area contributed by atoms with Crippen molar-refractivity contribution in [1.82, 2.24) is 20.8 Å². The molecule has 2 aromatic rings. The number of hydrogen-bond acceptors (Lipinski definition) is 5. The maximum Gasteiger partial charge on any atom is 0.315 e. The number of amides is 2. The second kappa shape index (κ2) is 8.28. The van der Waals surface area contributed by atoms with Gasteiger partial charge in [-0.1, -0.05) is 36.7 Å². The highest BCUT2D eigenvalue weighted by Crippen LogP contribution is 2.18. The van der Waals surface area contributed by atoms with E-state index in [1.807, 2.05) is 37.3 Å². The molecule has 1 aromatic heterocycles. The van der Waals surface area contributed by atoms with E-state index in [0.717, 1.165) is 12.0 Å². The number of carbonyl (C=O) groups excluding carboxylic acids is 1. The SMILES string of the molecule is CCCC(O)CNC(=O)NC(C)c1noc(-c2ccccc2)n1. The summed E-state index contributed by atoms with van der Waals surface area (Å²) < 4.78 is 5.21. The van der Waals surface area contributed by atoms with Crippen LogP contribution in [-0.2, 0) is 0 Å². The normalized spacial score (nSPS) is 13.3. The maximum absolute atomic E-state index is 11.8. The number of nitrogens with one attached hydrogen (secondary N) is 2. The zero-order chi connectivity index (χ0) is 16.7. The molecule has 0 saturated carbocycles. The molecule has 3 N–H and O–H groups in total. The zero-order valence-electron chi connectivity index (χ0n) is 13.3. The van der Waals surface area contributed by atoms with Crippen molar-refractivity contribution in [2.45, 2.75) is 38.8 Å². The molecule has 0 fully saturated rings. The summed E-state index contributed by atoms with van der Waals surface area (Å²) in [6.45, 7) is 3.96. The summed E-state index contributed by atoms with van der Waals surface area (Å²) in [6, 6.07) is 8.64. The molecule has 23 heavy (non-hydrogen) atoms. The minimum atomic E-state index is -0.532. The van der Waals surface area contributed by atoms with Crippen molar-refractivity contribution in [2.75, 3.05) is 6.54 Å². The molecule has 2 atom stereocenters. The van der Waals surface area contributed by atoms with Gasteiger partial charge in [-0.05, 0) is 25.5 Å². The largest absolute Gasteiger partial charge is 0.391 e. The average molecular weight is 318 g/mol. The molecule has 0 aliphatic rings. The Kier molecular flexibility index (Phi) is 6.10. The van der Waals surface area contributed by atoms with Gasteiger partial charge in [-0.25, -0.2) is 4.79 Å². The third kappa shape index (κ3) is 5.07. The number of rotatable bonds is 7. The number of urea groups is 1. The van der Waals surface area contributed by atoms with Crippen LogP contribution in [0.1, 0.15) is 38.6 Å². The van der Waals surface area contributed by atoms with Crippen LogP contribution in [-0.4, -0.2) is 33.9 Å². The van der Waals surface area contributed by atoms with E-state index >= 15 is 0 Å². The Balaban J connectivity index is 1.87. The molecule has 0 saturated heterocycles. The summed E-state index contributed by atoms with van der Waals surface area (Å²) in [7, 11) is 0. The van der Waals surface area contributed by atoms with Crippen molar-refractivity contribution in [3.8, 4) is 11.5 Å². The molecular formula is C16H22N4O3. The van der Waals surface area contributed by atoms with E-state index in [0.29, 0.717) is 18.1 Å². The third-order valence-corrected chi connectivity index (χ3v) is 3.32. The number of hydrogen-bond donors (Lipinski definition) is 3. The maximum atomic E-state index is 11.8. The lowest BCUT2D eigenvalue weighted by atomic mass is 10.2. The highest BCUT2D eigenvalue weighted by Gasteiger charge is 2.17. The zero-order valence-corrected chi connectivity index (χ0v) is 13.3. The highest BCUT2D eigenvalue weighted by atomic mass is 16.5. The Bertz CT molecular complexity index is 615. The van der Waals surface area contributed by atoms with Gasteiger partial charge >= 0.3 is 6.03 Å². The minimum absolute atomic E-state index is 0.216. The molecule has 0 spiro atoms. The molecule has 0 aliphatic carbocycles. The monoisotopic (exact) mass is 318 g/mol. The van der Waals surface area contributed by atoms with E-state index in [1.165, 1.54) is 0 Å². The van der Waals surface area contributed by atoms with Gasteiger partial charge in [0.15, 0.2) is 5.82 Å². The Morgan fingerprint density at radius 2 is 2.09 bits per heavy atom. The fourth-order valence-electron chi connectivity index (χ4n) is 2.07. The van der Waals surface area contributed by atoms with Crippen molar-refractivity contribution in [1.29, 1.82) is 0 Å². The van der Waals surface area contributed by atoms with Gasteiger partial charge in [-0.3, -0.25) is 0 Å². The van der Waals surface area contributed by atoms with Crippen LogP contribution in [0.4, 0.5) is 4.79 Å². The molecule has 7 nitrogen and oxygen atoms in total. The second-order valence-corrected chi connectivity index (χ2v) is 5.34. The first kappa shape index (κ1) is 17.0. The smallest absolute Gasteiger partial charge is 0.315 e. The molecule has 1 aromatic carbocycles. The number of carbonyl (C=O) groups is 1. The number of aliphatic hydroxyl groups excluding tert-OH is 1. The first-order valence-corrected chi connectivity index (χ1v) is 7.71. The first-order chi connectivity index (χ1) is 11.1. The Hall–Kier alpha value is -2.41. The summed E-state index contributed by atoms with van der Waals surface area (Å²) in [5.41, 5.74) is 0.825. The molecule has 0 aliphatic heterocycles. The second-order valence-electron chi connectivity index (χ2n) is 5.34. The fourth-order valence-corrected chi connectivity index (χ4v) is 2.07. The Labute approximate surface area is 135 Å². The molecule has 7 heteroatoms. The molecule has 124 valence electrons. The number of aromatic nitrogens is 2. The summed E-state index contributed by atoms with van der Waals surface area (Å²) in [5, 5.41) is 18.8. The topological polar surface area (TPSA) is 100 Å². The molecule has 2 rings (SSSR count). The van der Waals surface area contributed by atoms with Gasteiger partial charge in [0, 0.05) is 12.1 Å². The van der Waals surface area contributed by atoms with E-state index in [1.54, 1.807) is 6.92 Å². The van der Waals surface area contributed by atoms with Gasteiger partial charge in [0.2, 0.25) is 0 Å². The minimum Gasteiger partial charge on any atom is -0.391 e. The standard InChI is InChI=1S/C16H22N4O3/c1-3-7-13(21)10-17-16(22)18-11(2)14-19-15(23-20-14)12-8-5-4-6-9-12/h4-6,8-9,11,13,21H,3,7,10H2,1-2H3,(H2,17,18,22). The van der Waals surface area contributed by atoms with Gasteiger partial charge in [-0.15, -0.1) is 0 Å². The van der Waals surface area contributed by atoms with Gasteiger partial charge in [0.1, 0.15) is 0 Å². The molecule has 2 unspecified atom stereocenters. The van der Waals surface area contributed by atoms with E-state index in [9.17, 15) is 9.90 Å². The van der Waals surface area contributed by atoms with Crippen LogP contribution in [0.3, 0.4) is 0 Å². The third-order valence-electron chi connectivity index (χ3n) is 3.32. The van der Waals surface area contributed by atoms with Crippen molar-refractivity contribution in [3.63, 3.8) is 0 Å². The molecule has 2 amide bonds. The van der Waals surface area contributed by atoms with Crippen molar-refractivity contribution < 1.29 is 14.4 Å². The van der Waals surface area contributed by atoms with Crippen molar-refractivity contribution >= 4 is 6.03 Å². The van der Waals surface area contributed by atoms with Crippen LogP contribution < -0.4 is 10.6 Å². The van der Waals surface area contributed by atoms with Gasteiger partial charge in [0.05, 0.1) is 12.1 Å². The Morgan fingerprint density at radius 1 is 1.35 bits per heavy atom. The first-order valence-electron chi connectivity index (χ1n) is 7.71. The fraction of sp³-hybridized carbons (Fsp3) is 0.438. The summed E-state index contributed by atoms with van der Waals surface area (Å²) >= 11 is 0. The van der Waals surface area contributed by atoms with Crippen LogP contribution in [0.5, 0.6) is 0 Å². The van der Waals surface area contributed by atoms with E-state index in [4.69, 9.17) is 4.52 Å². The molecule has 0 bridgehead atoms. The van der Waals surface area contributed by atoms with Gasteiger partial charge in [0.25, 0.3) is 5.89 Å². The number of benzene rings is 1. The van der Waals surface area contributed by atoms with Crippen LogP contribution in [0, 0.1) is 0 Å². The van der Waals surface area contributed by atoms with Crippen LogP contribution >= 0.6 is 0 Å². The lowest BCUT2D eigenvalue weighted by Gasteiger charge is -2.13. The Morgan fingerprint density at radius 3 is 2.78 bits per heavy atom. The lowest BCUT2D eigenvalue weighted by Crippen LogP contribution is -2.41. The lowest BCUT2D eigenvalue weighted by molar-refractivity contribution is 0.160. The highest BCUT2D eigenvalue weighted by molar-refractivity contribution is 5.74. The number of nitrogens with zero attached hydrogens (tertiary/aromatic N) is 2. The van der Waals surface area contributed by atoms with Crippen LogP contribution in [0.15, 0.2) is 34.9 Å². The number of aliphatic hydroxyl groups is 1. The van der Waals surface area contributed by atoms with E-state index < -0.39 is 12.1 Å². The van der Waals surface area contributed by atoms with Crippen LogP contribution in [0.2, 0.25) is 0 Å². The summed E-state index contributed by atoms with van der Waals surface area (Å²) in [6.07, 6.45) is 0.989.